The molecule has 8 heteroatoms. The van der Waals surface area contributed by atoms with Crippen LogP contribution in [-0.2, 0) is 11.3 Å². The van der Waals surface area contributed by atoms with E-state index in [4.69, 9.17) is 10.5 Å². The minimum Gasteiger partial charge on any atom is -0.465 e. The molecule has 0 spiro atoms. The minimum absolute atomic E-state index is 0.0559. The van der Waals surface area contributed by atoms with E-state index in [1.54, 1.807) is 24.3 Å². The number of nitrogens with two attached hydrogens (primary N) is 1. The summed E-state index contributed by atoms with van der Waals surface area (Å²) in [5.41, 5.74) is 6.12. The predicted molar refractivity (Wildman–Crippen MR) is 86.7 cm³/mol. The second-order valence-electron chi connectivity index (χ2n) is 4.86. The maximum absolute atomic E-state index is 11.7. The van der Waals surface area contributed by atoms with Crippen molar-refractivity contribution in [1.82, 2.24) is 0 Å². The van der Waals surface area contributed by atoms with Gasteiger partial charge in [-0.3, -0.25) is 14.9 Å². The van der Waals surface area contributed by atoms with Crippen molar-refractivity contribution >= 4 is 23.3 Å². The van der Waals surface area contributed by atoms with E-state index in [-0.39, 0.29) is 17.8 Å². The smallest absolute Gasteiger partial charge is 0.339 e. The van der Waals surface area contributed by atoms with Crippen molar-refractivity contribution in [3.8, 4) is 0 Å². The zero-order valence-corrected chi connectivity index (χ0v) is 12.8. The number of benzene rings is 2. The number of methoxy groups -OCH3 is 1. The summed E-state index contributed by atoms with van der Waals surface area (Å²) >= 11 is 0. The van der Waals surface area contributed by atoms with Crippen LogP contribution in [0.5, 0.6) is 0 Å². The molecule has 0 unspecified atom stereocenters. The fourth-order valence-corrected chi connectivity index (χ4v) is 2.15. The number of hydrogen-bond acceptors (Lipinski definition) is 6. The fraction of sp³-hybridized carbons (Fsp3) is 0.125. The van der Waals surface area contributed by atoms with Crippen LogP contribution in [-0.4, -0.2) is 23.9 Å². The van der Waals surface area contributed by atoms with Crippen LogP contribution in [0.1, 0.15) is 26.3 Å². The molecule has 0 radical (unpaired) electrons. The number of nitrogens with one attached hydrogen (secondary N) is 1. The molecule has 2 aromatic carbocycles. The first kappa shape index (κ1) is 16.9. The molecule has 24 heavy (non-hydrogen) atoms. The van der Waals surface area contributed by atoms with Gasteiger partial charge in [0.05, 0.1) is 17.6 Å². The normalized spacial score (nSPS) is 10.0. The Morgan fingerprint density at radius 2 is 1.96 bits per heavy atom. The molecule has 0 atom stereocenters. The molecule has 3 N–H and O–H groups in total. The highest BCUT2D eigenvalue weighted by atomic mass is 16.6. The highest BCUT2D eigenvalue weighted by Crippen LogP contribution is 2.23. The predicted octanol–water partition coefficient (Wildman–Crippen LogP) is 2.09. The molecular formula is C16H15N3O5. The van der Waals surface area contributed by atoms with Gasteiger partial charge in [0.2, 0.25) is 5.91 Å². The monoisotopic (exact) mass is 329 g/mol. The summed E-state index contributed by atoms with van der Waals surface area (Å²) in [5.74, 6) is -1.26. The molecule has 0 aliphatic carbocycles. The van der Waals surface area contributed by atoms with Crippen LogP contribution in [0.3, 0.4) is 0 Å². The van der Waals surface area contributed by atoms with Crippen molar-refractivity contribution in [2.45, 2.75) is 6.54 Å². The molecule has 8 nitrogen and oxygen atoms in total. The average molecular weight is 329 g/mol. The number of primary amides is 1. The number of amides is 1. The molecular weight excluding hydrogens is 314 g/mol. The van der Waals surface area contributed by atoms with Gasteiger partial charge in [0.1, 0.15) is 0 Å². The van der Waals surface area contributed by atoms with Crippen LogP contribution in [0.25, 0.3) is 0 Å². The summed E-state index contributed by atoms with van der Waals surface area (Å²) < 4.78 is 4.69. The van der Waals surface area contributed by atoms with Gasteiger partial charge >= 0.3 is 5.97 Å². The second-order valence-corrected chi connectivity index (χ2v) is 4.86. The molecule has 0 bridgehead atoms. The van der Waals surface area contributed by atoms with E-state index in [0.717, 1.165) is 6.07 Å². The molecule has 0 aromatic heterocycles. The number of nitro benzene ring substituents is 1. The molecule has 2 rings (SSSR count). The fourth-order valence-electron chi connectivity index (χ4n) is 2.15. The number of ether oxygens (including phenoxy) is 1. The Hall–Kier alpha value is -3.42. The summed E-state index contributed by atoms with van der Waals surface area (Å²) in [6, 6.07) is 10.6. The molecule has 0 fully saturated rings. The lowest BCUT2D eigenvalue weighted by molar-refractivity contribution is -0.385. The lowest BCUT2D eigenvalue weighted by Crippen LogP contribution is -2.13. The van der Waals surface area contributed by atoms with E-state index in [1.807, 2.05) is 0 Å². The minimum atomic E-state index is -0.742. The van der Waals surface area contributed by atoms with Gasteiger partial charge in [0.25, 0.3) is 5.69 Å². The Kier molecular flexibility index (Phi) is 5.10. The van der Waals surface area contributed by atoms with Gasteiger partial charge in [0, 0.05) is 29.4 Å². The first-order chi connectivity index (χ1) is 11.4. The van der Waals surface area contributed by atoms with Crippen molar-refractivity contribution < 1.29 is 19.2 Å². The van der Waals surface area contributed by atoms with Gasteiger partial charge in [-0.05, 0) is 24.3 Å². The van der Waals surface area contributed by atoms with E-state index in [9.17, 15) is 19.7 Å². The Labute approximate surface area is 137 Å². The van der Waals surface area contributed by atoms with Crippen molar-refractivity contribution in [2.24, 2.45) is 5.73 Å². The molecule has 0 aliphatic rings. The Morgan fingerprint density at radius 1 is 1.25 bits per heavy atom. The van der Waals surface area contributed by atoms with E-state index in [2.05, 4.69) is 5.32 Å². The lowest BCUT2D eigenvalue weighted by atomic mass is 10.1. The van der Waals surface area contributed by atoms with Crippen LogP contribution in [0.4, 0.5) is 11.4 Å². The van der Waals surface area contributed by atoms with Crippen molar-refractivity contribution in [1.29, 1.82) is 0 Å². The van der Waals surface area contributed by atoms with Crippen LogP contribution in [0, 0.1) is 10.1 Å². The lowest BCUT2D eigenvalue weighted by Gasteiger charge is -2.11. The zero-order chi connectivity index (χ0) is 17.7. The number of nitrogens with zero attached hydrogens (tertiary/aromatic N) is 1. The number of para-hydroxylation sites is 1. The quantitative estimate of drug-likeness (QED) is 0.475. The molecule has 2 aromatic rings. The number of carbonyl (C=O) groups is 2. The largest absolute Gasteiger partial charge is 0.465 e. The van der Waals surface area contributed by atoms with Gasteiger partial charge < -0.3 is 15.8 Å². The molecule has 0 heterocycles. The van der Waals surface area contributed by atoms with Crippen LogP contribution in [0.15, 0.2) is 42.5 Å². The topological polar surface area (TPSA) is 125 Å². The SMILES string of the molecule is COC(=O)c1ccccc1NCc1ccc(C(N)=O)cc1[N+](=O)[O-]. The Balaban J connectivity index is 2.28. The maximum Gasteiger partial charge on any atom is 0.339 e. The molecule has 0 saturated carbocycles. The van der Waals surface area contributed by atoms with Gasteiger partial charge in [-0.2, -0.15) is 0 Å². The maximum atomic E-state index is 11.7. The first-order valence-electron chi connectivity index (χ1n) is 6.92. The third kappa shape index (κ3) is 3.67. The summed E-state index contributed by atoms with van der Waals surface area (Å²) in [7, 11) is 1.27. The van der Waals surface area contributed by atoms with Crippen LogP contribution < -0.4 is 11.1 Å². The summed E-state index contributed by atoms with van der Waals surface area (Å²) in [6.07, 6.45) is 0. The summed E-state index contributed by atoms with van der Waals surface area (Å²) in [4.78, 5) is 33.5. The molecule has 0 aliphatic heterocycles. The van der Waals surface area contributed by atoms with E-state index < -0.39 is 16.8 Å². The van der Waals surface area contributed by atoms with Crippen molar-refractivity contribution in [2.75, 3.05) is 12.4 Å². The van der Waals surface area contributed by atoms with Crippen molar-refractivity contribution in [3.05, 3.63) is 69.3 Å². The highest BCUT2D eigenvalue weighted by Gasteiger charge is 2.17. The van der Waals surface area contributed by atoms with Crippen LogP contribution in [0.2, 0.25) is 0 Å². The molecule has 1 amide bonds. The van der Waals surface area contributed by atoms with E-state index >= 15 is 0 Å². The van der Waals surface area contributed by atoms with Gasteiger partial charge in [-0.25, -0.2) is 4.79 Å². The average Bonchev–Trinajstić information content (AvgIpc) is 2.59. The number of anilines is 1. The number of rotatable bonds is 6. The van der Waals surface area contributed by atoms with Crippen molar-refractivity contribution in [3.63, 3.8) is 0 Å². The number of carbonyl (C=O) groups excluding carboxylic acids is 2. The number of hydrogen-bond donors (Lipinski definition) is 2. The van der Waals surface area contributed by atoms with Gasteiger partial charge in [-0.1, -0.05) is 12.1 Å². The van der Waals surface area contributed by atoms with E-state index in [1.165, 1.54) is 19.2 Å². The first-order valence-corrected chi connectivity index (χ1v) is 6.92. The summed E-state index contributed by atoms with van der Waals surface area (Å²) in [5, 5.41) is 14.1. The second kappa shape index (κ2) is 7.23. The van der Waals surface area contributed by atoms with Crippen LogP contribution >= 0.6 is 0 Å². The standard InChI is InChI=1S/C16H15N3O5/c1-24-16(21)12-4-2-3-5-13(12)18-9-11-7-6-10(15(17)20)8-14(11)19(22)23/h2-8,18H,9H2,1H3,(H2,17,20). The molecule has 124 valence electrons. The van der Waals surface area contributed by atoms with Gasteiger partial charge in [0.15, 0.2) is 0 Å². The zero-order valence-electron chi connectivity index (χ0n) is 12.8. The Bertz CT molecular complexity index is 804. The Morgan fingerprint density at radius 3 is 2.58 bits per heavy atom. The third-order valence-corrected chi connectivity index (χ3v) is 3.37. The number of nitro groups is 1. The summed E-state index contributed by atoms with van der Waals surface area (Å²) in [6.45, 7) is 0.0867. The molecule has 0 saturated heterocycles. The third-order valence-electron chi connectivity index (χ3n) is 3.37. The van der Waals surface area contributed by atoms with E-state index in [0.29, 0.717) is 16.8 Å². The van der Waals surface area contributed by atoms with Gasteiger partial charge in [-0.15, -0.1) is 0 Å². The number of esters is 1. The highest BCUT2D eigenvalue weighted by molar-refractivity contribution is 5.95.